The van der Waals surface area contributed by atoms with Gasteiger partial charge >= 0.3 is 6.18 Å². The second-order valence-electron chi connectivity index (χ2n) is 6.18. The van der Waals surface area contributed by atoms with Gasteiger partial charge in [-0.1, -0.05) is 20.3 Å². The largest absolute Gasteiger partial charge is 0.391 e. The van der Waals surface area contributed by atoms with Crippen LogP contribution in [0.4, 0.5) is 13.2 Å². The minimum Gasteiger partial charge on any atom is -0.319 e. The van der Waals surface area contributed by atoms with Crippen LogP contribution in [-0.4, -0.2) is 44.3 Å². The summed E-state index contributed by atoms with van der Waals surface area (Å²) < 4.78 is 37.9. The number of rotatable bonds is 6. The Labute approximate surface area is 114 Å². The molecule has 1 rings (SSSR count). The molecule has 1 aliphatic rings. The van der Waals surface area contributed by atoms with Gasteiger partial charge in [0.25, 0.3) is 0 Å². The van der Waals surface area contributed by atoms with Gasteiger partial charge in [-0.15, -0.1) is 0 Å². The fraction of sp³-hybridized carbons (Fsp3) is 1.00. The van der Waals surface area contributed by atoms with Gasteiger partial charge in [-0.3, -0.25) is 0 Å². The molecule has 0 aliphatic carbocycles. The molecule has 1 aliphatic heterocycles. The molecule has 0 saturated carbocycles. The molecular weight excluding hydrogens is 253 g/mol. The third kappa shape index (κ3) is 5.30. The highest BCUT2D eigenvalue weighted by atomic mass is 19.4. The predicted molar refractivity (Wildman–Crippen MR) is 72.2 cm³/mol. The zero-order valence-corrected chi connectivity index (χ0v) is 12.3. The van der Waals surface area contributed by atoms with Gasteiger partial charge in [0.2, 0.25) is 0 Å². The molecule has 0 bridgehead atoms. The van der Waals surface area contributed by atoms with Gasteiger partial charge in [-0.2, -0.15) is 13.2 Å². The molecule has 1 fully saturated rings. The number of hydrogen-bond donors (Lipinski definition) is 1. The molecular formula is C14H27F3N2. The standard InChI is InChI=1S/C14H27F3N2/c1-4-7-13(2,10-18-3)11-19-8-5-12(6-9-19)14(15,16)17/h12,18H,4-11H2,1-3H3. The van der Waals surface area contributed by atoms with Crippen LogP contribution in [0.5, 0.6) is 0 Å². The second kappa shape index (κ2) is 6.93. The number of hydrogen-bond acceptors (Lipinski definition) is 2. The average molecular weight is 280 g/mol. The van der Waals surface area contributed by atoms with E-state index in [9.17, 15) is 13.2 Å². The van der Waals surface area contributed by atoms with E-state index in [1.807, 2.05) is 7.05 Å². The molecule has 0 amide bonds. The Kier molecular flexibility index (Phi) is 6.12. The van der Waals surface area contributed by atoms with E-state index in [0.717, 1.165) is 25.9 Å². The normalized spacial score (nSPS) is 22.4. The molecule has 0 aromatic carbocycles. The van der Waals surface area contributed by atoms with Crippen molar-refractivity contribution in [3.05, 3.63) is 0 Å². The molecule has 1 saturated heterocycles. The molecule has 0 radical (unpaired) electrons. The summed E-state index contributed by atoms with van der Waals surface area (Å²) in [5.41, 5.74) is 0.161. The van der Waals surface area contributed by atoms with Crippen molar-refractivity contribution in [2.45, 2.75) is 45.7 Å². The minimum absolute atomic E-state index is 0.161. The Balaban J connectivity index is 2.46. The van der Waals surface area contributed by atoms with Gasteiger partial charge in [-0.05, 0) is 44.8 Å². The lowest BCUT2D eigenvalue weighted by Crippen LogP contribution is -2.46. The molecule has 2 nitrogen and oxygen atoms in total. The number of alkyl halides is 3. The zero-order chi connectivity index (χ0) is 14.5. The maximum Gasteiger partial charge on any atom is 0.391 e. The van der Waals surface area contributed by atoms with E-state index >= 15 is 0 Å². The molecule has 114 valence electrons. The highest BCUT2D eigenvalue weighted by Gasteiger charge is 2.41. The van der Waals surface area contributed by atoms with Crippen LogP contribution in [0.2, 0.25) is 0 Å². The zero-order valence-electron chi connectivity index (χ0n) is 12.3. The summed E-state index contributed by atoms with van der Waals surface area (Å²) >= 11 is 0. The van der Waals surface area contributed by atoms with Gasteiger partial charge < -0.3 is 10.2 Å². The highest BCUT2D eigenvalue weighted by molar-refractivity contribution is 4.84. The average Bonchev–Trinajstić information content (AvgIpc) is 2.28. The van der Waals surface area contributed by atoms with Crippen LogP contribution in [0.1, 0.15) is 39.5 Å². The third-order valence-electron chi connectivity index (χ3n) is 4.11. The van der Waals surface area contributed by atoms with Crippen molar-refractivity contribution in [2.75, 3.05) is 33.2 Å². The smallest absolute Gasteiger partial charge is 0.319 e. The van der Waals surface area contributed by atoms with Crippen LogP contribution < -0.4 is 5.32 Å². The molecule has 1 N–H and O–H groups in total. The predicted octanol–water partition coefficient (Wildman–Crippen LogP) is 3.29. The molecule has 1 unspecified atom stereocenters. The molecule has 1 heterocycles. The number of nitrogens with zero attached hydrogens (tertiary/aromatic N) is 1. The van der Waals surface area contributed by atoms with Crippen molar-refractivity contribution in [3.8, 4) is 0 Å². The van der Waals surface area contributed by atoms with Crippen molar-refractivity contribution in [2.24, 2.45) is 11.3 Å². The first-order valence-electron chi connectivity index (χ1n) is 7.24. The summed E-state index contributed by atoms with van der Waals surface area (Å²) in [6.45, 7) is 7.35. The number of likely N-dealkylation sites (tertiary alicyclic amines) is 1. The van der Waals surface area contributed by atoms with E-state index in [1.165, 1.54) is 0 Å². The maximum absolute atomic E-state index is 12.6. The Bertz CT molecular complexity index is 252. The number of piperidine rings is 1. The van der Waals surface area contributed by atoms with Crippen molar-refractivity contribution < 1.29 is 13.2 Å². The number of halogens is 3. The van der Waals surface area contributed by atoms with E-state index < -0.39 is 12.1 Å². The fourth-order valence-electron chi connectivity index (χ4n) is 3.21. The van der Waals surface area contributed by atoms with E-state index in [0.29, 0.717) is 13.1 Å². The minimum atomic E-state index is -4.01. The second-order valence-corrected chi connectivity index (χ2v) is 6.18. The molecule has 0 spiro atoms. The van der Waals surface area contributed by atoms with Crippen LogP contribution >= 0.6 is 0 Å². The van der Waals surface area contributed by atoms with E-state index in [-0.39, 0.29) is 18.3 Å². The first kappa shape index (κ1) is 16.8. The van der Waals surface area contributed by atoms with Crippen molar-refractivity contribution in [3.63, 3.8) is 0 Å². The number of nitrogens with one attached hydrogen (secondary N) is 1. The molecule has 0 aromatic heterocycles. The molecule has 5 heteroatoms. The highest BCUT2D eigenvalue weighted by Crippen LogP contribution is 2.35. The lowest BCUT2D eigenvalue weighted by Gasteiger charge is -2.39. The van der Waals surface area contributed by atoms with Crippen LogP contribution in [0.3, 0.4) is 0 Å². The van der Waals surface area contributed by atoms with Crippen LogP contribution in [0.15, 0.2) is 0 Å². The third-order valence-corrected chi connectivity index (χ3v) is 4.11. The van der Waals surface area contributed by atoms with E-state index in [4.69, 9.17) is 0 Å². The Hall–Kier alpha value is -0.290. The van der Waals surface area contributed by atoms with Crippen molar-refractivity contribution in [1.29, 1.82) is 0 Å². The van der Waals surface area contributed by atoms with Gasteiger partial charge in [0.15, 0.2) is 0 Å². The topological polar surface area (TPSA) is 15.3 Å². The van der Waals surface area contributed by atoms with Gasteiger partial charge in [0, 0.05) is 13.1 Å². The van der Waals surface area contributed by atoms with Crippen LogP contribution in [-0.2, 0) is 0 Å². The Morgan fingerprint density at radius 3 is 2.21 bits per heavy atom. The van der Waals surface area contributed by atoms with E-state index in [1.54, 1.807) is 0 Å². The summed E-state index contributed by atoms with van der Waals surface area (Å²) in [6, 6.07) is 0. The van der Waals surface area contributed by atoms with Crippen LogP contribution in [0, 0.1) is 11.3 Å². The quantitative estimate of drug-likeness (QED) is 0.803. The lowest BCUT2D eigenvalue weighted by atomic mass is 9.83. The monoisotopic (exact) mass is 280 g/mol. The fourth-order valence-corrected chi connectivity index (χ4v) is 3.21. The molecule has 1 atom stereocenters. The molecule has 19 heavy (non-hydrogen) atoms. The van der Waals surface area contributed by atoms with Crippen molar-refractivity contribution >= 4 is 0 Å². The van der Waals surface area contributed by atoms with Gasteiger partial charge in [0.05, 0.1) is 5.92 Å². The SMILES string of the molecule is CCCC(C)(CNC)CN1CCC(C(F)(F)F)CC1. The maximum atomic E-state index is 12.6. The molecule has 0 aromatic rings. The summed E-state index contributed by atoms with van der Waals surface area (Å²) in [6.07, 6.45) is -1.29. The summed E-state index contributed by atoms with van der Waals surface area (Å²) in [5, 5.41) is 3.21. The summed E-state index contributed by atoms with van der Waals surface area (Å²) in [7, 11) is 1.93. The van der Waals surface area contributed by atoms with Gasteiger partial charge in [0.1, 0.15) is 0 Å². The lowest BCUT2D eigenvalue weighted by molar-refractivity contribution is -0.185. The van der Waals surface area contributed by atoms with Crippen LogP contribution in [0.25, 0.3) is 0 Å². The van der Waals surface area contributed by atoms with Gasteiger partial charge in [-0.25, -0.2) is 0 Å². The summed E-state index contributed by atoms with van der Waals surface area (Å²) in [5.74, 6) is -1.09. The first-order valence-corrected chi connectivity index (χ1v) is 7.24. The Morgan fingerprint density at radius 2 is 1.79 bits per heavy atom. The Morgan fingerprint density at radius 1 is 1.21 bits per heavy atom. The van der Waals surface area contributed by atoms with Crippen molar-refractivity contribution in [1.82, 2.24) is 10.2 Å². The summed E-state index contributed by atoms with van der Waals surface area (Å²) in [4.78, 5) is 2.20. The van der Waals surface area contributed by atoms with E-state index in [2.05, 4.69) is 24.1 Å². The first-order chi connectivity index (χ1) is 8.80.